The summed E-state index contributed by atoms with van der Waals surface area (Å²) in [7, 11) is 0. The molecule has 6 nitrogen and oxygen atoms in total. The van der Waals surface area contributed by atoms with Crippen LogP contribution in [0.25, 0.3) is 0 Å². The maximum Gasteiger partial charge on any atom is 0.136 e. The van der Waals surface area contributed by atoms with E-state index in [1.807, 2.05) is 12.3 Å². The Morgan fingerprint density at radius 1 is 1.32 bits per heavy atom. The maximum atomic E-state index is 5.37. The zero-order valence-corrected chi connectivity index (χ0v) is 13.1. The van der Waals surface area contributed by atoms with Gasteiger partial charge in [-0.15, -0.1) is 0 Å². The molecule has 0 amide bonds. The summed E-state index contributed by atoms with van der Waals surface area (Å²) in [6.07, 6.45) is 4.04. The Morgan fingerprint density at radius 2 is 2.23 bits per heavy atom. The molecule has 22 heavy (non-hydrogen) atoms. The third-order valence-corrected chi connectivity index (χ3v) is 4.01. The van der Waals surface area contributed by atoms with Crippen molar-refractivity contribution in [3.8, 4) is 0 Å². The van der Waals surface area contributed by atoms with Crippen molar-refractivity contribution in [2.45, 2.75) is 12.8 Å². The number of ether oxygens (including phenoxy) is 1. The van der Waals surface area contributed by atoms with Gasteiger partial charge in [-0.3, -0.25) is 9.89 Å². The minimum Gasteiger partial charge on any atom is -0.379 e. The molecular weight excluding hydrogens is 278 g/mol. The summed E-state index contributed by atoms with van der Waals surface area (Å²) in [4.78, 5) is 11.5. The van der Waals surface area contributed by atoms with E-state index in [0.717, 1.165) is 82.5 Å². The Hall–Kier alpha value is -1.66. The first-order valence-electron chi connectivity index (χ1n) is 8.21. The molecule has 1 aromatic rings. The second-order valence-corrected chi connectivity index (χ2v) is 5.64. The van der Waals surface area contributed by atoms with Gasteiger partial charge in [-0.2, -0.15) is 0 Å². The third-order valence-electron chi connectivity index (χ3n) is 4.01. The van der Waals surface area contributed by atoms with Crippen LogP contribution in [0.4, 0.5) is 5.82 Å². The molecule has 0 unspecified atom stereocenters. The lowest BCUT2D eigenvalue weighted by atomic mass is 10.2. The second-order valence-electron chi connectivity index (χ2n) is 5.64. The molecule has 0 bridgehead atoms. The van der Waals surface area contributed by atoms with Gasteiger partial charge in [0.05, 0.1) is 18.8 Å². The predicted octanol–water partition coefficient (Wildman–Crippen LogP) is 0.956. The number of nitrogens with zero attached hydrogens (tertiary/aromatic N) is 3. The molecule has 1 aromatic heterocycles. The average Bonchev–Trinajstić information content (AvgIpc) is 2.61. The molecule has 0 aliphatic carbocycles. The van der Waals surface area contributed by atoms with Crippen molar-refractivity contribution in [1.82, 2.24) is 15.2 Å². The smallest absolute Gasteiger partial charge is 0.136 e. The number of amidine groups is 1. The Balaban J connectivity index is 1.50. The zero-order chi connectivity index (χ0) is 15.0. The van der Waals surface area contributed by atoms with E-state index in [4.69, 9.17) is 4.74 Å². The number of pyridine rings is 1. The third kappa shape index (κ3) is 4.18. The van der Waals surface area contributed by atoms with Crippen LogP contribution in [0.1, 0.15) is 18.4 Å². The largest absolute Gasteiger partial charge is 0.379 e. The molecule has 0 atom stereocenters. The van der Waals surface area contributed by atoms with Gasteiger partial charge in [-0.25, -0.2) is 4.98 Å². The van der Waals surface area contributed by atoms with Crippen molar-refractivity contribution in [3.63, 3.8) is 0 Å². The highest BCUT2D eigenvalue weighted by molar-refractivity contribution is 6.03. The minimum absolute atomic E-state index is 0.864. The van der Waals surface area contributed by atoms with Crippen LogP contribution in [0.5, 0.6) is 0 Å². The number of hydrogen-bond acceptors (Lipinski definition) is 6. The molecule has 0 saturated carbocycles. The normalized spacial score (nSPS) is 19.4. The van der Waals surface area contributed by atoms with Crippen molar-refractivity contribution < 1.29 is 4.74 Å². The second kappa shape index (κ2) is 8.10. The summed E-state index contributed by atoms with van der Waals surface area (Å²) in [6, 6.07) is 4.04. The standard InChI is InChI=1S/C16H25N5O/c1-4-14(16-18-6-2-7-19-16)15(17-5-1)20-8-3-9-21-10-12-22-13-11-21/h1,4-5H,2-3,6-13H2,(H,17,20)(H,18,19). The van der Waals surface area contributed by atoms with Gasteiger partial charge in [0.1, 0.15) is 11.7 Å². The van der Waals surface area contributed by atoms with Gasteiger partial charge in [0.15, 0.2) is 0 Å². The molecule has 1 fully saturated rings. The molecule has 3 heterocycles. The van der Waals surface area contributed by atoms with Crippen LogP contribution in [0.2, 0.25) is 0 Å². The van der Waals surface area contributed by atoms with Crippen molar-refractivity contribution >= 4 is 11.7 Å². The SMILES string of the molecule is c1cnc(NCCCN2CCOCC2)c(C2=NCCCN2)c1. The van der Waals surface area contributed by atoms with Gasteiger partial charge in [-0.05, 0) is 31.5 Å². The molecule has 1 saturated heterocycles. The van der Waals surface area contributed by atoms with Crippen LogP contribution < -0.4 is 10.6 Å². The number of nitrogens with one attached hydrogen (secondary N) is 2. The monoisotopic (exact) mass is 303 g/mol. The van der Waals surface area contributed by atoms with Crippen LogP contribution in [0.3, 0.4) is 0 Å². The minimum atomic E-state index is 0.864. The molecule has 2 aliphatic rings. The average molecular weight is 303 g/mol. The lowest BCUT2D eigenvalue weighted by Gasteiger charge is -2.26. The van der Waals surface area contributed by atoms with Crippen LogP contribution in [-0.4, -0.2) is 68.2 Å². The molecule has 0 aromatic carbocycles. The van der Waals surface area contributed by atoms with Gasteiger partial charge in [0.25, 0.3) is 0 Å². The summed E-state index contributed by atoms with van der Waals surface area (Å²) in [5.41, 5.74) is 1.08. The fourth-order valence-corrected chi connectivity index (χ4v) is 2.78. The van der Waals surface area contributed by atoms with Crippen LogP contribution >= 0.6 is 0 Å². The Bertz CT molecular complexity index is 499. The summed E-state index contributed by atoms with van der Waals surface area (Å²) in [5, 5.41) is 6.83. The fraction of sp³-hybridized carbons (Fsp3) is 0.625. The van der Waals surface area contributed by atoms with Gasteiger partial charge < -0.3 is 15.4 Å². The first-order chi connectivity index (χ1) is 10.9. The fourth-order valence-electron chi connectivity index (χ4n) is 2.78. The van der Waals surface area contributed by atoms with E-state index in [1.54, 1.807) is 0 Å². The first kappa shape index (κ1) is 15.2. The van der Waals surface area contributed by atoms with Gasteiger partial charge in [-0.1, -0.05) is 0 Å². The van der Waals surface area contributed by atoms with Gasteiger partial charge in [0.2, 0.25) is 0 Å². The number of hydrogen-bond donors (Lipinski definition) is 2. The topological polar surface area (TPSA) is 61.8 Å². The van der Waals surface area contributed by atoms with E-state index in [1.165, 1.54) is 0 Å². The van der Waals surface area contributed by atoms with E-state index in [9.17, 15) is 0 Å². The quantitative estimate of drug-likeness (QED) is 0.766. The van der Waals surface area contributed by atoms with Crippen LogP contribution in [0.15, 0.2) is 23.3 Å². The highest BCUT2D eigenvalue weighted by Crippen LogP contribution is 2.13. The van der Waals surface area contributed by atoms with E-state index >= 15 is 0 Å². The molecule has 3 rings (SSSR count). The van der Waals surface area contributed by atoms with E-state index < -0.39 is 0 Å². The molecule has 120 valence electrons. The number of morpholine rings is 1. The van der Waals surface area contributed by atoms with Crippen molar-refractivity contribution in [3.05, 3.63) is 23.9 Å². The summed E-state index contributed by atoms with van der Waals surface area (Å²) >= 11 is 0. The molecular formula is C16H25N5O. The first-order valence-corrected chi connectivity index (χ1v) is 8.21. The number of aromatic nitrogens is 1. The Kier molecular flexibility index (Phi) is 5.61. The van der Waals surface area contributed by atoms with Crippen molar-refractivity contribution in [1.29, 1.82) is 0 Å². The number of rotatable bonds is 6. The molecule has 2 N–H and O–H groups in total. The van der Waals surface area contributed by atoms with E-state index in [0.29, 0.717) is 0 Å². The van der Waals surface area contributed by atoms with E-state index in [2.05, 4.69) is 31.6 Å². The molecule has 2 aliphatic heterocycles. The Labute approximate surface area is 132 Å². The van der Waals surface area contributed by atoms with E-state index in [-0.39, 0.29) is 0 Å². The molecule has 0 spiro atoms. The van der Waals surface area contributed by atoms with Crippen LogP contribution in [-0.2, 0) is 4.74 Å². The van der Waals surface area contributed by atoms with Gasteiger partial charge >= 0.3 is 0 Å². The predicted molar refractivity (Wildman–Crippen MR) is 88.6 cm³/mol. The summed E-state index contributed by atoms with van der Waals surface area (Å²) < 4.78 is 5.37. The lowest BCUT2D eigenvalue weighted by Crippen LogP contribution is -2.37. The summed E-state index contributed by atoms with van der Waals surface area (Å²) in [6.45, 7) is 7.75. The Morgan fingerprint density at radius 3 is 3.05 bits per heavy atom. The number of aliphatic imine (C=N–C) groups is 1. The highest BCUT2D eigenvalue weighted by Gasteiger charge is 2.13. The molecule has 0 radical (unpaired) electrons. The lowest BCUT2D eigenvalue weighted by molar-refractivity contribution is 0.0378. The molecule has 6 heteroatoms. The number of anilines is 1. The van der Waals surface area contributed by atoms with Crippen LogP contribution in [0, 0.1) is 0 Å². The zero-order valence-electron chi connectivity index (χ0n) is 13.1. The maximum absolute atomic E-state index is 5.37. The van der Waals surface area contributed by atoms with Crippen molar-refractivity contribution in [2.24, 2.45) is 4.99 Å². The van der Waals surface area contributed by atoms with Gasteiger partial charge in [0, 0.05) is 38.9 Å². The van der Waals surface area contributed by atoms with Crippen molar-refractivity contribution in [2.75, 3.05) is 57.8 Å². The summed E-state index contributed by atoms with van der Waals surface area (Å²) in [5.74, 6) is 1.90. The highest BCUT2D eigenvalue weighted by atomic mass is 16.5.